The van der Waals surface area contributed by atoms with Crippen molar-refractivity contribution in [2.24, 2.45) is 0 Å². The number of halogens is 1. The zero-order valence-corrected chi connectivity index (χ0v) is 8.58. The van der Waals surface area contributed by atoms with Crippen LogP contribution in [0, 0.1) is 0 Å². The van der Waals surface area contributed by atoms with E-state index in [1.54, 1.807) is 11.8 Å². The maximum atomic E-state index is 5.69. The van der Waals surface area contributed by atoms with Gasteiger partial charge < -0.3 is 0 Å². The van der Waals surface area contributed by atoms with Crippen LogP contribution < -0.4 is 0 Å². The van der Waals surface area contributed by atoms with Crippen LogP contribution in [0.1, 0.15) is 5.56 Å². The second kappa shape index (κ2) is 4.58. The molecule has 0 spiro atoms. The van der Waals surface area contributed by atoms with E-state index >= 15 is 0 Å². The summed E-state index contributed by atoms with van der Waals surface area (Å²) in [6.45, 7) is 3.65. The Morgan fingerprint density at radius 1 is 1.42 bits per heavy atom. The molecule has 12 heavy (non-hydrogen) atoms. The maximum Gasteiger partial charge on any atom is 0.0153 e. The minimum Gasteiger partial charge on any atom is -0.130 e. The molecule has 2 heteroatoms. The normalized spacial score (nSPS) is 9.83. The third-order valence-electron chi connectivity index (χ3n) is 1.55. The highest BCUT2D eigenvalue weighted by Gasteiger charge is 1.94. The molecule has 0 nitrogen and oxygen atoms in total. The average molecular weight is 199 g/mol. The fourth-order valence-electron chi connectivity index (χ4n) is 0.965. The second-order valence-corrected chi connectivity index (χ2v) is 3.96. The van der Waals surface area contributed by atoms with Gasteiger partial charge in [0.1, 0.15) is 0 Å². The van der Waals surface area contributed by atoms with E-state index in [1.807, 2.05) is 0 Å². The maximum absolute atomic E-state index is 5.69. The number of allylic oxidation sites excluding steroid dienone is 1. The summed E-state index contributed by atoms with van der Waals surface area (Å²) in [5.74, 6) is 0. The smallest absolute Gasteiger partial charge is 0.0153 e. The molecule has 1 rings (SSSR count). The highest BCUT2D eigenvalue weighted by Crippen LogP contribution is 2.16. The Kier molecular flexibility index (Phi) is 3.70. The quantitative estimate of drug-likeness (QED) is 0.668. The van der Waals surface area contributed by atoms with Crippen LogP contribution in [0.2, 0.25) is 0 Å². The zero-order chi connectivity index (χ0) is 8.97. The van der Waals surface area contributed by atoms with Crippen LogP contribution in [-0.4, -0.2) is 6.26 Å². The highest BCUT2D eigenvalue weighted by molar-refractivity contribution is 7.98. The standard InChI is InChI=1S/C10H11ClS/c1-8(11)7-9-3-5-10(12-2)6-4-9/h3-6H,1,7H2,2H3. The predicted molar refractivity (Wildman–Crippen MR) is 56.9 cm³/mol. The molecule has 0 fully saturated rings. The molecular formula is C10H11ClS. The Morgan fingerprint density at radius 3 is 2.42 bits per heavy atom. The summed E-state index contributed by atoms with van der Waals surface area (Å²) in [6, 6.07) is 8.36. The van der Waals surface area contributed by atoms with Crippen LogP contribution >= 0.6 is 23.4 Å². The van der Waals surface area contributed by atoms with E-state index in [-0.39, 0.29) is 0 Å². The highest BCUT2D eigenvalue weighted by atomic mass is 35.5. The monoisotopic (exact) mass is 198 g/mol. The van der Waals surface area contributed by atoms with Crippen molar-refractivity contribution in [3.8, 4) is 0 Å². The van der Waals surface area contributed by atoms with Crippen LogP contribution in [0.4, 0.5) is 0 Å². The fourth-order valence-corrected chi connectivity index (χ4v) is 1.53. The molecule has 0 amide bonds. The van der Waals surface area contributed by atoms with E-state index in [0.717, 1.165) is 6.42 Å². The van der Waals surface area contributed by atoms with Crippen molar-refractivity contribution in [1.29, 1.82) is 0 Å². The molecule has 0 aliphatic carbocycles. The first kappa shape index (κ1) is 9.69. The largest absolute Gasteiger partial charge is 0.130 e. The molecule has 0 saturated heterocycles. The second-order valence-electron chi connectivity index (χ2n) is 2.54. The first-order valence-electron chi connectivity index (χ1n) is 3.68. The molecule has 0 saturated carbocycles. The predicted octanol–water partition coefficient (Wildman–Crippen LogP) is 3.70. The van der Waals surface area contributed by atoms with Crippen molar-refractivity contribution < 1.29 is 0 Å². The molecular weight excluding hydrogens is 188 g/mol. The van der Waals surface area contributed by atoms with Gasteiger partial charge in [0.05, 0.1) is 0 Å². The molecule has 0 heterocycles. The molecule has 0 aliphatic rings. The van der Waals surface area contributed by atoms with Gasteiger partial charge in [0.15, 0.2) is 0 Å². The first-order chi connectivity index (χ1) is 5.72. The Hall–Kier alpha value is -0.400. The van der Waals surface area contributed by atoms with Crippen LogP contribution in [0.25, 0.3) is 0 Å². The topological polar surface area (TPSA) is 0 Å². The van der Waals surface area contributed by atoms with Gasteiger partial charge in [-0.1, -0.05) is 30.3 Å². The zero-order valence-electron chi connectivity index (χ0n) is 7.01. The van der Waals surface area contributed by atoms with E-state index in [1.165, 1.54) is 10.5 Å². The van der Waals surface area contributed by atoms with Crippen LogP contribution in [0.5, 0.6) is 0 Å². The van der Waals surface area contributed by atoms with E-state index in [9.17, 15) is 0 Å². The van der Waals surface area contributed by atoms with E-state index in [2.05, 4.69) is 37.1 Å². The van der Waals surface area contributed by atoms with Gasteiger partial charge >= 0.3 is 0 Å². The van der Waals surface area contributed by atoms with Gasteiger partial charge in [0.2, 0.25) is 0 Å². The Bertz CT molecular complexity index is 264. The average Bonchev–Trinajstić information content (AvgIpc) is 2.05. The lowest BCUT2D eigenvalue weighted by Gasteiger charge is -2.00. The minimum atomic E-state index is 0.687. The van der Waals surface area contributed by atoms with E-state index < -0.39 is 0 Å². The summed E-state index contributed by atoms with van der Waals surface area (Å²) in [4.78, 5) is 1.28. The Morgan fingerprint density at radius 2 is 2.00 bits per heavy atom. The van der Waals surface area contributed by atoms with Gasteiger partial charge in [-0.3, -0.25) is 0 Å². The minimum absolute atomic E-state index is 0.687. The van der Waals surface area contributed by atoms with Crippen molar-refractivity contribution in [3.63, 3.8) is 0 Å². The molecule has 1 aromatic carbocycles. The number of hydrogen-bond donors (Lipinski definition) is 0. The summed E-state index contributed by atoms with van der Waals surface area (Å²) < 4.78 is 0. The van der Waals surface area contributed by atoms with Crippen molar-refractivity contribution in [2.45, 2.75) is 11.3 Å². The van der Waals surface area contributed by atoms with Crippen molar-refractivity contribution in [1.82, 2.24) is 0 Å². The van der Waals surface area contributed by atoms with Crippen molar-refractivity contribution >= 4 is 23.4 Å². The summed E-state index contributed by atoms with van der Waals surface area (Å²) >= 11 is 7.43. The van der Waals surface area contributed by atoms with Gasteiger partial charge in [-0.15, -0.1) is 11.8 Å². The summed E-state index contributed by atoms with van der Waals surface area (Å²) in [5, 5.41) is 0.687. The van der Waals surface area contributed by atoms with E-state index in [0.29, 0.717) is 5.03 Å². The Balaban J connectivity index is 2.71. The molecule has 64 valence electrons. The van der Waals surface area contributed by atoms with Gasteiger partial charge in [0.25, 0.3) is 0 Å². The molecule has 0 bridgehead atoms. The lowest BCUT2D eigenvalue weighted by molar-refractivity contribution is 1.23. The third kappa shape index (κ3) is 2.92. The van der Waals surface area contributed by atoms with E-state index in [4.69, 9.17) is 11.6 Å². The molecule has 0 aliphatic heterocycles. The summed E-state index contributed by atoms with van der Waals surface area (Å²) in [5.41, 5.74) is 1.22. The molecule has 0 N–H and O–H groups in total. The molecule has 1 aromatic rings. The summed E-state index contributed by atoms with van der Waals surface area (Å²) in [7, 11) is 0. The van der Waals surface area contributed by atoms with Gasteiger partial charge in [-0.2, -0.15) is 0 Å². The van der Waals surface area contributed by atoms with Gasteiger partial charge in [-0.25, -0.2) is 0 Å². The fraction of sp³-hybridized carbons (Fsp3) is 0.200. The van der Waals surface area contributed by atoms with Crippen LogP contribution in [0.3, 0.4) is 0 Å². The third-order valence-corrected chi connectivity index (χ3v) is 2.43. The van der Waals surface area contributed by atoms with Crippen molar-refractivity contribution in [3.05, 3.63) is 41.4 Å². The van der Waals surface area contributed by atoms with Gasteiger partial charge in [-0.05, 0) is 24.0 Å². The van der Waals surface area contributed by atoms with Crippen LogP contribution in [0.15, 0.2) is 40.8 Å². The lowest BCUT2D eigenvalue weighted by atomic mass is 10.1. The number of hydrogen-bond acceptors (Lipinski definition) is 1. The summed E-state index contributed by atoms with van der Waals surface area (Å²) in [6.07, 6.45) is 2.83. The molecule has 0 atom stereocenters. The number of rotatable bonds is 3. The lowest BCUT2D eigenvalue weighted by Crippen LogP contribution is -1.82. The van der Waals surface area contributed by atoms with Crippen molar-refractivity contribution in [2.75, 3.05) is 6.26 Å². The van der Waals surface area contributed by atoms with Crippen LogP contribution in [-0.2, 0) is 6.42 Å². The number of thioether (sulfide) groups is 1. The molecule has 0 unspecified atom stereocenters. The first-order valence-corrected chi connectivity index (χ1v) is 5.29. The number of benzene rings is 1. The Labute approximate surface area is 82.6 Å². The van der Waals surface area contributed by atoms with Gasteiger partial charge in [0, 0.05) is 16.3 Å². The molecule has 0 radical (unpaired) electrons. The molecule has 0 aromatic heterocycles. The SMILES string of the molecule is C=C(Cl)Cc1ccc(SC)cc1.